The van der Waals surface area contributed by atoms with Gasteiger partial charge in [-0.05, 0) is 31.0 Å². The van der Waals surface area contributed by atoms with Gasteiger partial charge in [-0.2, -0.15) is 4.98 Å². The number of hydrogen-bond acceptors (Lipinski definition) is 6. The summed E-state index contributed by atoms with van der Waals surface area (Å²) in [7, 11) is 0. The first-order valence-electron chi connectivity index (χ1n) is 6.75. The Labute approximate surface area is 122 Å². The SMILES string of the molecule is CCNc1ncc([N+](=O)[O-])c(Nc2ccc(CC)cc2)n1. The fourth-order valence-corrected chi connectivity index (χ4v) is 1.80. The summed E-state index contributed by atoms with van der Waals surface area (Å²) >= 11 is 0. The van der Waals surface area contributed by atoms with Gasteiger partial charge in [0.25, 0.3) is 0 Å². The average molecular weight is 287 g/mol. The van der Waals surface area contributed by atoms with Crippen LogP contribution in [0.5, 0.6) is 0 Å². The van der Waals surface area contributed by atoms with Gasteiger partial charge in [-0.3, -0.25) is 10.1 Å². The van der Waals surface area contributed by atoms with Crippen LogP contribution in [0.25, 0.3) is 0 Å². The Morgan fingerprint density at radius 3 is 2.52 bits per heavy atom. The Morgan fingerprint density at radius 1 is 1.24 bits per heavy atom. The van der Waals surface area contributed by atoms with Gasteiger partial charge in [-0.25, -0.2) is 4.98 Å². The minimum atomic E-state index is -0.502. The van der Waals surface area contributed by atoms with Crippen LogP contribution >= 0.6 is 0 Å². The van der Waals surface area contributed by atoms with Gasteiger partial charge < -0.3 is 10.6 Å². The number of nitrogens with one attached hydrogen (secondary N) is 2. The largest absolute Gasteiger partial charge is 0.354 e. The highest BCUT2D eigenvalue weighted by molar-refractivity contribution is 5.66. The highest BCUT2D eigenvalue weighted by atomic mass is 16.6. The van der Waals surface area contributed by atoms with E-state index in [0.29, 0.717) is 12.5 Å². The van der Waals surface area contributed by atoms with Crippen molar-refractivity contribution < 1.29 is 4.92 Å². The summed E-state index contributed by atoms with van der Waals surface area (Å²) in [5, 5.41) is 17.0. The van der Waals surface area contributed by atoms with E-state index in [9.17, 15) is 10.1 Å². The van der Waals surface area contributed by atoms with Crippen LogP contribution < -0.4 is 10.6 Å². The number of aryl methyl sites for hydroxylation is 1. The molecule has 1 aromatic carbocycles. The van der Waals surface area contributed by atoms with Crippen LogP contribution in [0.2, 0.25) is 0 Å². The molecule has 2 rings (SSSR count). The molecule has 7 nitrogen and oxygen atoms in total. The third kappa shape index (κ3) is 3.65. The predicted molar refractivity (Wildman–Crippen MR) is 82.0 cm³/mol. The topological polar surface area (TPSA) is 93.0 Å². The molecule has 110 valence electrons. The minimum absolute atomic E-state index is 0.156. The van der Waals surface area contributed by atoms with E-state index in [4.69, 9.17) is 0 Å². The fraction of sp³-hybridized carbons (Fsp3) is 0.286. The molecule has 0 aliphatic heterocycles. The molecule has 0 atom stereocenters. The van der Waals surface area contributed by atoms with E-state index >= 15 is 0 Å². The lowest BCUT2D eigenvalue weighted by Crippen LogP contribution is -2.06. The summed E-state index contributed by atoms with van der Waals surface area (Å²) in [5.41, 5.74) is 1.79. The van der Waals surface area contributed by atoms with Gasteiger partial charge in [-0.1, -0.05) is 19.1 Å². The number of benzene rings is 1. The summed E-state index contributed by atoms with van der Waals surface area (Å²) in [5.74, 6) is 0.533. The first kappa shape index (κ1) is 14.7. The van der Waals surface area contributed by atoms with Crippen molar-refractivity contribution in [3.8, 4) is 0 Å². The Bertz CT molecular complexity index is 628. The Morgan fingerprint density at radius 2 is 1.95 bits per heavy atom. The maximum Gasteiger partial charge on any atom is 0.329 e. The summed E-state index contributed by atoms with van der Waals surface area (Å²) in [6, 6.07) is 7.69. The van der Waals surface area contributed by atoms with Gasteiger partial charge in [-0.15, -0.1) is 0 Å². The molecule has 2 aromatic rings. The second-order valence-electron chi connectivity index (χ2n) is 4.39. The predicted octanol–water partition coefficient (Wildman–Crippen LogP) is 3.12. The standard InChI is InChI=1S/C14H17N5O2/c1-3-10-5-7-11(8-6-10)17-13-12(19(20)21)9-16-14(18-13)15-4-2/h5-9H,3-4H2,1-2H3,(H2,15,16,17,18). The smallest absolute Gasteiger partial charge is 0.329 e. The Balaban J connectivity index is 2.30. The number of nitrogens with zero attached hydrogens (tertiary/aromatic N) is 3. The normalized spacial score (nSPS) is 10.2. The molecule has 0 saturated heterocycles. The summed E-state index contributed by atoms with van der Waals surface area (Å²) < 4.78 is 0. The number of anilines is 3. The lowest BCUT2D eigenvalue weighted by molar-refractivity contribution is -0.384. The summed E-state index contributed by atoms with van der Waals surface area (Å²) in [6.45, 7) is 4.62. The molecule has 0 aliphatic carbocycles. The molecule has 0 spiro atoms. The van der Waals surface area contributed by atoms with E-state index in [-0.39, 0.29) is 11.5 Å². The molecule has 0 amide bonds. The van der Waals surface area contributed by atoms with Crippen LogP contribution in [0.1, 0.15) is 19.4 Å². The van der Waals surface area contributed by atoms with E-state index in [1.807, 2.05) is 31.2 Å². The summed E-state index contributed by atoms with van der Waals surface area (Å²) in [6.07, 6.45) is 2.15. The lowest BCUT2D eigenvalue weighted by Gasteiger charge is -2.08. The molecular formula is C14H17N5O2. The van der Waals surface area contributed by atoms with Crippen molar-refractivity contribution in [1.82, 2.24) is 9.97 Å². The summed E-state index contributed by atoms with van der Waals surface area (Å²) in [4.78, 5) is 18.6. The van der Waals surface area contributed by atoms with E-state index in [1.54, 1.807) is 0 Å². The van der Waals surface area contributed by atoms with Gasteiger partial charge in [0.2, 0.25) is 11.8 Å². The van der Waals surface area contributed by atoms with Gasteiger partial charge in [0, 0.05) is 12.2 Å². The lowest BCUT2D eigenvalue weighted by atomic mass is 10.1. The molecule has 1 aromatic heterocycles. The fourth-order valence-electron chi connectivity index (χ4n) is 1.80. The van der Waals surface area contributed by atoms with Crippen LogP contribution in [0, 0.1) is 10.1 Å². The second kappa shape index (κ2) is 6.65. The van der Waals surface area contributed by atoms with E-state index < -0.39 is 4.92 Å². The molecule has 0 saturated carbocycles. The molecule has 2 N–H and O–H groups in total. The van der Waals surface area contributed by atoms with Crippen molar-refractivity contribution in [2.75, 3.05) is 17.2 Å². The minimum Gasteiger partial charge on any atom is -0.354 e. The number of hydrogen-bond donors (Lipinski definition) is 2. The van der Waals surface area contributed by atoms with Gasteiger partial charge in [0.15, 0.2) is 0 Å². The number of nitro groups is 1. The van der Waals surface area contributed by atoms with Crippen LogP contribution in [0.15, 0.2) is 30.5 Å². The van der Waals surface area contributed by atoms with Crippen molar-refractivity contribution in [2.45, 2.75) is 20.3 Å². The molecule has 0 aliphatic rings. The van der Waals surface area contributed by atoms with Gasteiger partial charge in [0.1, 0.15) is 6.20 Å². The monoisotopic (exact) mass is 287 g/mol. The van der Waals surface area contributed by atoms with Crippen LogP contribution in [0.4, 0.5) is 23.1 Å². The maximum atomic E-state index is 11.0. The average Bonchev–Trinajstić information content (AvgIpc) is 2.48. The van der Waals surface area contributed by atoms with E-state index in [0.717, 1.165) is 12.1 Å². The number of rotatable bonds is 6. The van der Waals surface area contributed by atoms with Crippen molar-refractivity contribution in [3.05, 3.63) is 46.1 Å². The zero-order chi connectivity index (χ0) is 15.2. The molecule has 0 bridgehead atoms. The third-order valence-corrected chi connectivity index (χ3v) is 2.93. The van der Waals surface area contributed by atoms with Crippen molar-refractivity contribution in [1.29, 1.82) is 0 Å². The van der Waals surface area contributed by atoms with Crippen molar-refractivity contribution >= 4 is 23.1 Å². The first-order chi connectivity index (χ1) is 10.1. The first-order valence-corrected chi connectivity index (χ1v) is 6.75. The Hall–Kier alpha value is -2.70. The van der Waals surface area contributed by atoms with Gasteiger partial charge >= 0.3 is 5.69 Å². The zero-order valence-electron chi connectivity index (χ0n) is 12.0. The zero-order valence-corrected chi connectivity index (χ0v) is 12.0. The number of aromatic nitrogens is 2. The maximum absolute atomic E-state index is 11.0. The Kier molecular flexibility index (Phi) is 4.65. The molecule has 21 heavy (non-hydrogen) atoms. The van der Waals surface area contributed by atoms with Crippen molar-refractivity contribution in [2.24, 2.45) is 0 Å². The third-order valence-electron chi connectivity index (χ3n) is 2.93. The molecular weight excluding hydrogens is 270 g/mol. The highest BCUT2D eigenvalue weighted by Gasteiger charge is 2.17. The molecule has 1 heterocycles. The quantitative estimate of drug-likeness (QED) is 0.626. The molecule has 7 heteroatoms. The molecule has 0 unspecified atom stereocenters. The van der Waals surface area contributed by atoms with Crippen LogP contribution in [-0.4, -0.2) is 21.4 Å². The van der Waals surface area contributed by atoms with E-state index in [2.05, 4.69) is 27.5 Å². The highest BCUT2D eigenvalue weighted by Crippen LogP contribution is 2.25. The molecule has 0 fully saturated rings. The second-order valence-corrected chi connectivity index (χ2v) is 4.39. The van der Waals surface area contributed by atoms with Crippen LogP contribution in [-0.2, 0) is 6.42 Å². The van der Waals surface area contributed by atoms with E-state index in [1.165, 1.54) is 11.8 Å². The van der Waals surface area contributed by atoms with Gasteiger partial charge in [0.05, 0.1) is 4.92 Å². The van der Waals surface area contributed by atoms with Crippen molar-refractivity contribution in [3.63, 3.8) is 0 Å². The molecule has 0 radical (unpaired) electrons. The van der Waals surface area contributed by atoms with Crippen LogP contribution in [0.3, 0.4) is 0 Å².